The molecule has 0 amide bonds. The van der Waals surface area contributed by atoms with Crippen LogP contribution in [0.25, 0.3) is 23.0 Å². The molecular formula is C19H11N5O2. The van der Waals surface area contributed by atoms with Gasteiger partial charge in [-0.2, -0.15) is 10.1 Å². The molecule has 0 saturated heterocycles. The number of terminal acetylenes is 1. The van der Waals surface area contributed by atoms with Crippen LogP contribution in [0.3, 0.4) is 0 Å². The number of H-pyrrole nitrogens is 1. The summed E-state index contributed by atoms with van der Waals surface area (Å²) in [7, 11) is 0. The van der Waals surface area contributed by atoms with Crippen LogP contribution < -0.4 is 10.1 Å². The van der Waals surface area contributed by atoms with Crippen molar-refractivity contribution in [2.75, 3.05) is 5.32 Å². The lowest BCUT2D eigenvalue weighted by atomic mass is 10.1. The zero-order valence-corrected chi connectivity index (χ0v) is 13.4. The number of hydrogen-bond acceptors (Lipinski definition) is 6. The fraction of sp³-hybridized carbons (Fsp3) is 0. The largest absolute Gasteiger partial charge is 0.453 e. The molecule has 0 radical (unpaired) electrons. The van der Waals surface area contributed by atoms with Crippen molar-refractivity contribution in [2.24, 2.45) is 0 Å². The van der Waals surface area contributed by atoms with Crippen molar-refractivity contribution in [3.8, 4) is 46.8 Å². The minimum atomic E-state index is 0.285. The van der Waals surface area contributed by atoms with Crippen LogP contribution in [0.1, 0.15) is 5.56 Å². The second-order valence-electron chi connectivity index (χ2n) is 5.66. The summed E-state index contributed by atoms with van der Waals surface area (Å²) in [5.41, 5.74) is 3.66. The molecule has 3 heterocycles. The lowest BCUT2D eigenvalue weighted by Gasteiger charge is -2.21. The highest BCUT2D eigenvalue weighted by atomic mass is 16.5. The number of benzene rings is 2. The third kappa shape index (κ3) is 2.21. The highest BCUT2D eigenvalue weighted by Crippen LogP contribution is 2.43. The van der Waals surface area contributed by atoms with Crippen LogP contribution in [0.2, 0.25) is 0 Å². The molecule has 0 unspecified atom stereocenters. The van der Waals surface area contributed by atoms with Crippen molar-refractivity contribution in [2.45, 2.75) is 0 Å². The van der Waals surface area contributed by atoms with Gasteiger partial charge < -0.3 is 14.6 Å². The molecular weight excluding hydrogens is 330 g/mol. The average Bonchev–Trinajstić information content (AvgIpc) is 3.34. The van der Waals surface area contributed by atoms with Crippen molar-refractivity contribution < 1.29 is 9.26 Å². The van der Waals surface area contributed by atoms with Gasteiger partial charge >= 0.3 is 0 Å². The van der Waals surface area contributed by atoms with Crippen molar-refractivity contribution >= 4 is 11.4 Å². The number of aromatic nitrogens is 4. The van der Waals surface area contributed by atoms with Crippen molar-refractivity contribution in [1.82, 2.24) is 20.3 Å². The minimum absolute atomic E-state index is 0.285. The normalized spacial score (nSPS) is 11.7. The second kappa shape index (κ2) is 5.50. The number of para-hydroxylation sites is 2. The Hall–Kier alpha value is -4.05. The van der Waals surface area contributed by atoms with E-state index in [4.69, 9.17) is 15.7 Å². The molecule has 2 aromatic heterocycles. The van der Waals surface area contributed by atoms with Gasteiger partial charge in [-0.1, -0.05) is 23.2 Å². The molecule has 124 valence electrons. The van der Waals surface area contributed by atoms with Crippen molar-refractivity contribution in [3.63, 3.8) is 0 Å². The van der Waals surface area contributed by atoms with Crippen LogP contribution in [0.15, 0.2) is 53.2 Å². The third-order valence-electron chi connectivity index (χ3n) is 4.05. The van der Waals surface area contributed by atoms with Gasteiger partial charge in [0.1, 0.15) is 5.69 Å². The van der Waals surface area contributed by atoms with Crippen LogP contribution in [-0.2, 0) is 0 Å². The number of hydrogen-bond donors (Lipinski definition) is 2. The summed E-state index contributed by atoms with van der Waals surface area (Å²) < 4.78 is 11.3. The van der Waals surface area contributed by atoms with Crippen LogP contribution in [0, 0.1) is 12.3 Å². The summed E-state index contributed by atoms with van der Waals surface area (Å²) >= 11 is 0. The van der Waals surface area contributed by atoms with E-state index in [1.165, 1.54) is 6.20 Å². The van der Waals surface area contributed by atoms with E-state index >= 15 is 0 Å². The lowest BCUT2D eigenvalue weighted by Crippen LogP contribution is -2.02. The van der Waals surface area contributed by atoms with Crippen LogP contribution in [0.5, 0.6) is 11.5 Å². The summed E-state index contributed by atoms with van der Waals surface area (Å²) in [6.45, 7) is 0. The Morgan fingerprint density at radius 3 is 2.85 bits per heavy atom. The Kier molecular flexibility index (Phi) is 3.02. The molecule has 4 aromatic rings. The molecule has 0 atom stereocenters. The molecule has 7 nitrogen and oxygen atoms in total. The standard InChI is InChI=1S/C19H11N5O2/c1-2-11-10-20-23-17(11)19-22-18(24-26-19)12-7-8-14-16(9-12)25-15-6-4-3-5-13(15)21-14/h1,3-10,21H,(H,20,23). The van der Waals surface area contributed by atoms with Gasteiger partial charge in [0.05, 0.1) is 23.1 Å². The van der Waals surface area contributed by atoms with E-state index in [0.717, 1.165) is 22.7 Å². The number of rotatable bonds is 2. The Bertz CT molecular complexity index is 1170. The average molecular weight is 341 g/mol. The van der Waals surface area contributed by atoms with Gasteiger partial charge in [-0.3, -0.25) is 5.10 Å². The number of nitrogens with zero attached hydrogens (tertiary/aromatic N) is 3. The maximum absolute atomic E-state index is 5.96. The van der Waals surface area contributed by atoms with Crippen molar-refractivity contribution in [3.05, 3.63) is 54.2 Å². The van der Waals surface area contributed by atoms with E-state index in [2.05, 4.69) is 31.6 Å². The van der Waals surface area contributed by atoms with E-state index in [0.29, 0.717) is 22.8 Å². The summed E-state index contributed by atoms with van der Waals surface area (Å²) in [5, 5.41) is 14.1. The van der Waals surface area contributed by atoms with Gasteiger partial charge in [-0.05, 0) is 30.3 Å². The number of fused-ring (bicyclic) bond motifs is 2. The first-order valence-electron chi connectivity index (χ1n) is 7.84. The summed E-state index contributed by atoms with van der Waals surface area (Å²) in [6.07, 6.45) is 6.98. The summed E-state index contributed by atoms with van der Waals surface area (Å²) in [4.78, 5) is 4.40. The van der Waals surface area contributed by atoms with Crippen molar-refractivity contribution in [1.29, 1.82) is 0 Å². The molecule has 1 aliphatic heterocycles. The highest BCUT2D eigenvalue weighted by Gasteiger charge is 2.19. The molecule has 0 bridgehead atoms. The Labute approximate surface area is 148 Å². The topological polar surface area (TPSA) is 88.9 Å². The molecule has 0 spiro atoms. The lowest BCUT2D eigenvalue weighted by molar-refractivity contribution is 0.430. The molecule has 0 saturated carbocycles. The van der Waals surface area contributed by atoms with E-state index < -0.39 is 0 Å². The molecule has 1 aliphatic rings. The minimum Gasteiger partial charge on any atom is -0.453 e. The van der Waals surface area contributed by atoms with Gasteiger partial charge in [0.25, 0.3) is 5.89 Å². The predicted octanol–water partition coefficient (Wildman–Crippen LogP) is 3.96. The van der Waals surface area contributed by atoms with E-state index in [1.807, 2.05) is 42.5 Å². The Morgan fingerprint density at radius 2 is 1.92 bits per heavy atom. The maximum Gasteiger partial charge on any atom is 0.277 e. The fourth-order valence-electron chi connectivity index (χ4n) is 2.77. The number of aromatic amines is 1. The zero-order valence-electron chi connectivity index (χ0n) is 13.4. The predicted molar refractivity (Wildman–Crippen MR) is 95.0 cm³/mol. The first kappa shape index (κ1) is 14.3. The molecule has 2 aromatic carbocycles. The third-order valence-corrected chi connectivity index (χ3v) is 4.05. The van der Waals surface area contributed by atoms with E-state index in [-0.39, 0.29) is 5.89 Å². The summed E-state index contributed by atoms with van der Waals surface area (Å²) in [6, 6.07) is 13.4. The molecule has 7 heteroatoms. The number of anilines is 2. The first-order valence-corrected chi connectivity index (χ1v) is 7.84. The Morgan fingerprint density at radius 1 is 1.04 bits per heavy atom. The summed E-state index contributed by atoms with van der Waals surface area (Å²) in [5.74, 6) is 4.70. The van der Waals surface area contributed by atoms with Gasteiger partial charge in [0.2, 0.25) is 5.82 Å². The fourth-order valence-corrected chi connectivity index (χ4v) is 2.77. The zero-order chi connectivity index (χ0) is 17.5. The van der Waals surface area contributed by atoms with Gasteiger partial charge in [-0.25, -0.2) is 0 Å². The SMILES string of the molecule is C#Cc1cn[nH]c1-c1nc(-c2ccc3c(c2)Oc2ccccc2N3)no1. The van der Waals surface area contributed by atoms with Crippen LogP contribution in [0.4, 0.5) is 11.4 Å². The first-order chi connectivity index (χ1) is 12.8. The molecule has 2 N–H and O–H groups in total. The quantitative estimate of drug-likeness (QED) is 0.473. The van der Waals surface area contributed by atoms with Gasteiger partial charge in [-0.15, -0.1) is 6.42 Å². The van der Waals surface area contributed by atoms with Crippen LogP contribution in [-0.4, -0.2) is 20.3 Å². The maximum atomic E-state index is 5.96. The Balaban J connectivity index is 1.51. The number of ether oxygens (including phenoxy) is 1. The smallest absolute Gasteiger partial charge is 0.277 e. The van der Waals surface area contributed by atoms with Gasteiger partial charge in [0.15, 0.2) is 11.5 Å². The molecule has 0 aliphatic carbocycles. The van der Waals surface area contributed by atoms with Gasteiger partial charge in [0, 0.05) is 5.56 Å². The van der Waals surface area contributed by atoms with E-state index in [9.17, 15) is 0 Å². The molecule has 5 rings (SSSR count). The highest BCUT2D eigenvalue weighted by molar-refractivity contribution is 5.78. The van der Waals surface area contributed by atoms with E-state index in [1.54, 1.807) is 0 Å². The monoisotopic (exact) mass is 341 g/mol. The van der Waals surface area contributed by atoms with Crippen LogP contribution >= 0.6 is 0 Å². The second-order valence-corrected chi connectivity index (χ2v) is 5.66. The number of nitrogens with one attached hydrogen (secondary N) is 2. The molecule has 0 fully saturated rings. The molecule has 26 heavy (non-hydrogen) atoms.